The van der Waals surface area contributed by atoms with Crippen LogP contribution in [0.15, 0.2) is 47.4 Å². The lowest BCUT2D eigenvalue weighted by Gasteiger charge is -2.27. The van der Waals surface area contributed by atoms with Crippen LogP contribution in [0.5, 0.6) is 0 Å². The Morgan fingerprint density at radius 3 is 2.56 bits per heavy atom. The van der Waals surface area contributed by atoms with E-state index < -0.39 is 15.9 Å². The minimum atomic E-state index is -3.67. The third-order valence-electron chi connectivity index (χ3n) is 5.94. The monoisotopic (exact) mass is 485 g/mol. The van der Waals surface area contributed by atoms with E-state index in [2.05, 4.69) is 5.32 Å². The summed E-state index contributed by atoms with van der Waals surface area (Å²) in [6, 6.07) is 11.3. The van der Waals surface area contributed by atoms with Crippen molar-refractivity contribution in [3.05, 3.63) is 53.6 Å². The molecule has 0 spiro atoms. The SMILES string of the molecule is CC(=O)c1cccc(NC(=O)CN2C(=O)CCCc3cc(S(=O)(=O)N4CCOCC4)ccc32)c1. The molecule has 2 amide bonds. The zero-order valence-electron chi connectivity index (χ0n) is 19.0. The van der Waals surface area contributed by atoms with E-state index in [-0.39, 0.29) is 29.6 Å². The second-order valence-corrected chi connectivity index (χ2v) is 10.3. The number of carbonyl (C=O) groups excluding carboxylic acids is 3. The summed E-state index contributed by atoms with van der Waals surface area (Å²) in [5.41, 5.74) is 2.19. The van der Waals surface area contributed by atoms with Crippen LogP contribution in [0.2, 0.25) is 0 Å². The van der Waals surface area contributed by atoms with Gasteiger partial charge in [-0.1, -0.05) is 12.1 Å². The average molecular weight is 486 g/mol. The predicted octanol–water partition coefficient (Wildman–Crippen LogP) is 2.22. The number of aryl methyl sites for hydroxylation is 1. The number of ketones is 1. The number of fused-ring (bicyclic) bond motifs is 1. The number of ether oxygens (including phenoxy) is 1. The molecule has 1 N–H and O–H groups in total. The molecule has 0 aromatic heterocycles. The lowest BCUT2D eigenvalue weighted by Crippen LogP contribution is -2.40. The summed E-state index contributed by atoms with van der Waals surface area (Å²) in [5.74, 6) is -0.724. The van der Waals surface area contributed by atoms with Crippen LogP contribution in [0.25, 0.3) is 0 Å². The van der Waals surface area contributed by atoms with Gasteiger partial charge < -0.3 is 15.0 Å². The second-order valence-electron chi connectivity index (χ2n) is 8.33. The highest BCUT2D eigenvalue weighted by Gasteiger charge is 2.29. The van der Waals surface area contributed by atoms with E-state index >= 15 is 0 Å². The summed E-state index contributed by atoms with van der Waals surface area (Å²) in [5, 5.41) is 2.74. The number of rotatable bonds is 6. The number of morpholine rings is 1. The summed E-state index contributed by atoms with van der Waals surface area (Å²) in [7, 11) is -3.67. The van der Waals surface area contributed by atoms with E-state index in [1.165, 1.54) is 22.2 Å². The van der Waals surface area contributed by atoms with Crippen LogP contribution in [-0.4, -0.2) is 63.2 Å². The van der Waals surface area contributed by atoms with Crippen molar-refractivity contribution < 1.29 is 27.5 Å². The fourth-order valence-electron chi connectivity index (χ4n) is 4.15. The topological polar surface area (TPSA) is 113 Å². The number of anilines is 2. The normalized spacial score (nSPS) is 17.1. The van der Waals surface area contributed by atoms with E-state index in [4.69, 9.17) is 4.74 Å². The highest BCUT2D eigenvalue weighted by molar-refractivity contribution is 7.89. The number of carbonyl (C=O) groups is 3. The molecule has 10 heteroatoms. The van der Waals surface area contributed by atoms with Gasteiger partial charge in [-0.2, -0.15) is 4.31 Å². The third-order valence-corrected chi connectivity index (χ3v) is 7.84. The Morgan fingerprint density at radius 1 is 1.06 bits per heavy atom. The van der Waals surface area contributed by atoms with Crippen LogP contribution in [-0.2, 0) is 30.8 Å². The molecule has 4 rings (SSSR count). The number of hydrogen-bond acceptors (Lipinski definition) is 6. The first-order chi connectivity index (χ1) is 16.3. The van der Waals surface area contributed by atoms with Gasteiger partial charge >= 0.3 is 0 Å². The largest absolute Gasteiger partial charge is 0.379 e. The van der Waals surface area contributed by atoms with E-state index in [0.717, 1.165) is 0 Å². The number of nitrogens with zero attached hydrogens (tertiary/aromatic N) is 2. The molecule has 2 aliphatic rings. The molecule has 2 aromatic rings. The van der Waals surface area contributed by atoms with Crippen molar-refractivity contribution in [1.29, 1.82) is 0 Å². The number of Topliss-reactive ketones (excluding diaryl/α,β-unsaturated/α-hetero) is 1. The summed E-state index contributed by atoms with van der Waals surface area (Å²) < 4.78 is 32.8. The van der Waals surface area contributed by atoms with Gasteiger partial charge in [-0.3, -0.25) is 14.4 Å². The molecule has 0 bridgehead atoms. The molecule has 1 fully saturated rings. The van der Waals surface area contributed by atoms with Crippen LogP contribution in [0.4, 0.5) is 11.4 Å². The van der Waals surface area contributed by atoms with Crippen molar-refractivity contribution in [3.8, 4) is 0 Å². The van der Waals surface area contributed by atoms with Crippen LogP contribution in [0, 0.1) is 0 Å². The van der Waals surface area contributed by atoms with Gasteiger partial charge in [-0.15, -0.1) is 0 Å². The molecule has 180 valence electrons. The van der Waals surface area contributed by atoms with Gasteiger partial charge in [0.25, 0.3) is 0 Å². The number of nitrogens with one attached hydrogen (secondary N) is 1. The van der Waals surface area contributed by atoms with Crippen molar-refractivity contribution in [2.75, 3.05) is 43.1 Å². The first kappa shape index (κ1) is 24.1. The van der Waals surface area contributed by atoms with Crippen molar-refractivity contribution in [2.24, 2.45) is 0 Å². The minimum absolute atomic E-state index is 0.115. The Hall–Kier alpha value is -3.08. The Kier molecular flexibility index (Phi) is 7.11. The average Bonchev–Trinajstić information content (AvgIpc) is 2.98. The van der Waals surface area contributed by atoms with Gasteiger partial charge in [0.1, 0.15) is 6.54 Å². The molecule has 1 saturated heterocycles. The number of sulfonamides is 1. The molecule has 0 radical (unpaired) electrons. The Labute approximate surface area is 198 Å². The molecule has 2 aromatic carbocycles. The first-order valence-electron chi connectivity index (χ1n) is 11.2. The number of hydrogen-bond donors (Lipinski definition) is 1. The van der Waals surface area contributed by atoms with Gasteiger partial charge in [-0.05, 0) is 55.7 Å². The van der Waals surface area contributed by atoms with Crippen LogP contribution in [0.3, 0.4) is 0 Å². The molecule has 0 unspecified atom stereocenters. The molecule has 0 atom stereocenters. The van der Waals surface area contributed by atoms with Crippen LogP contribution < -0.4 is 10.2 Å². The smallest absolute Gasteiger partial charge is 0.244 e. The quantitative estimate of drug-likeness (QED) is 0.628. The Bertz CT molecular complexity index is 1220. The maximum absolute atomic E-state index is 13.1. The van der Waals surface area contributed by atoms with Gasteiger partial charge in [-0.25, -0.2) is 8.42 Å². The molecule has 0 saturated carbocycles. The van der Waals surface area contributed by atoms with Crippen molar-refractivity contribution in [1.82, 2.24) is 4.31 Å². The Balaban J connectivity index is 1.56. The van der Waals surface area contributed by atoms with Crippen molar-refractivity contribution >= 4 is 39.0 Å². The van der Waals surface area contributed by atoms with E-state index in [1.54, 1.807) is 36.4 Å². The molecular weight excluding hydrogens is 458 g/mol. The second kappa shape index (κ2) is 10.0. The lowest BCUT2D eigenvalue weighted by atomic mass is 10.1. The molecule has 9 nitrogen and oxygen atoms in total. The predicted molar refractivity (Wildman–Crippen MR) is 126 cm³/mol. The maximum Gasteiger partial charge on any atom is 0.244 e. The van der Waals surface area contributed by atoms with Gasteiger partial charge in [0.05, 0.1) is 18.1 Å². The van der Waals surface area contributed by atoms with Crippen molar-refractivity contribution in [3.63, 3.8) is 0 Å². The summed E-state index contributed by atoms with van der Waals surface area (Å²) >= 11 is 0. The minimum Gasteiger partial charge on any atom is -0.379 e. The molecule has 2 heterocycles. The van der Waals surface area contributed by atoms with E-state index in [1.807, 2.05) is 0 Å². The zero-order chi connectivity index (χ0) is 24.3. The van der Waals surface area contributed by atoms with Crippen LogP contribution in [0.1, 0.15) is 35.7 Å². The highest BCUT2D eigenvalue weighted by atomic mass is 32.2. The standard InChI is InChI=1S/C24H27N3O6S/c1-17(28)18-4-2-6-20(14-18)25-23(29)16-27-22-9-8-21(15-19(22)5-3-7-24(27)30)34(31,32)26-10-12-33-13-11-26/h2,4,6,8-9,14-15H,3,5,7,10-13,16H2,1H3,(H,25,29). The number of amides is 2. The highest BCUT2D eigenvalue weighted by Crippen LogP contribution is 2.30. The molecule has 0 aliphatic carbocycles. The maximum atomic E-state index is 13.1. The van der Waals surface area contributed by atoms with Crippen molar-refractivity contribution in [2.45, 2.75) is 31.1 Å². The summed E-state index contributed by atoms with van der Waals surface area (Å²) in [6.07, 6.45) is 1.35. The van der Waals surface area contributed by atoms with Gasteiger partial charge in [0, 0.05) is 36.4 Å². The lowest BCUT2D eigenvalue weighted by molar-refractivity contribution is -0.121. The third kappa shape index (κ3) is 5.19. The molecular formula is C24H27N3O6S. The number of benzene rings is 2. The van der Waals surface area contributed by atoms with Crippen LogP contribution >= 0.6 is 0 Å². The fourth-order valence-corrected chi connectivity index (χ4v) is 5.61. The molecule has 34 heavy (non-hydrogen) atoms. The summed E-state index contributed by atoms with van der Waals surface area (Å²) in [6.45, 7) is 2.55. The van der Waals surface area contributed by atoms with Gasteiger partial charge in [0.2, 0.25) is 21.8 Å². The zero-order valence-corrected chi connectivity index (χ0v) is 19.8. The van der Waals surface area contributed by atoms with E-state index in [9.17, 15) is 22.8 Å². The fraction of sp³-hybridized carbons (Fsp3) is 0.375. The summed E-state index contributed by atoms with van der Waals surface area (Å²) in [4.78, 5) is 38.7. The van der Waals surface area contributed by atoms with Gasteiger partial charge in [0.15, 0.2) is 5.78 Å². The molecule has 2 aliphatic heterocycles. The Morgan fingerprint density at radius 2 is 1.82 bits per heavy atom. The van der Waals surface area contributed by atoms with E-state index in [0.29, 0.717) is 61.6 Å². The first-order valence-corrected chi connectivity index (χ1v) is 12.6.